The lowest BCUT2D eigenvalue weighted by molar-refractivity contribution is -0.131. The van der Waals surface area contributed by atoms with E-state index in [1.165, 1.54) is 18.4 Å². The van der Waals surface area contributed by atoms with Crippen LogP contribution in [0.3, 0.4) is 0 Å². The van der Waals surface area contributed by atoms with Gasteiger partial charge in [-0.05, 0) is 37.3 Å². The number of rotatable bonds is 6. The van der Waals surface area contributed by atoms with Crippen LogP contribution < -0.4 is 5.32 Å². The van der Waals surface area contributed by atoms with E-state index in [0.29, 0.717) is 24.9 Å². The number of nitrogens with zero attached hydrogens (tertiary/aromatic N) is 1. The van der Waals surface area contributed by atoms with E-state index in [0.717, 1.165) is 31.5 Å². The topological polar surface area (TPSA) is 49.4 Å². The van der Waals surface area contributed by atoms with Crippen molar-refractivity contribution in [1.29, 1.82) is 0 Å². The summed E-state index contributed by atoms with van der Waals surface area (Å²) >= 11 is 0. The molecule has 3 rings (SSSR count). The van der Waals surface area contributed by atoms with Gasteiger partial charge in [0.2, 0.25) is 5.91 Å². The Balaban J connectivity index is 1.63. The molecule has 1 aliphatic carbocycles. The fourth-order valence-corrected chi connectivity index (χ4v) is 3.28. The van der Waals surface area contributed by atoms with Gasteiger partial charge in [0.15, 0.2) is 5.78 Å². The van der Waals surface area contributed by atoms with Crippen molar-refractivity contribution in [3.05, 3.63) is 35.4 Å². The Labute approximate surface area is 138 Å². The lowest BCUT2D eigenvalue weighted by atomic mass is 9.89. The Morgan fingerprint density at radius 2 is 2.09 bits per heavy atom. The van der Waals surface area contributed by atoms with Gasteiger partial charge in [-0.3, -0.25) is 9.59 Å². The van der Waals surface area contributed by atoms with Crippen molar-refractivity contribution in [1.82, 2.24) is 10.2 Å². The first-order valence-corrected chi connectivity index (χ1v) is 8.81. The summed E-state index contributed by atoms with van der Waals surface area (Å²) in [5.74, 6) is 0.741. The minimum atomic E-state index is 0.184. The van der Waals surface area contributed by atoms with Gasteiger partial charge < -0.3 is 10.2 Å². The molecule has 1 saturated carbocycles. The molecule has 1 aromatic rings. The SMILES string of the molecule is CCC(=O)c1cccc(C2CCCN(C(=O)CNC3CC3)C2)c1. The number of amides is 1. The maximum Gasteiger partial charge on any atom is 0.236 e. The third-order valence-corrected chi connectivity index (χ3v) is 4.89. The Morgan fingerprint density at radius 3 is 2.83 bits per heavy atom. The molecule has 0 radical (unpaired) electrons. The molecule has 1 saturated heterocycles. The van der Waals surface area contributed by atoms with Crippen molar-refractivity contribution < 1.29 is 9.59 Å². The maximum atomic E-state index is 12.3. The third kappa shape index (κ3) is 4.20. The first-order chi connectivity index (χ1) is 11.2. The summed E-state index contributed by atoms with van der Waals surface area (Å²) in [6.07, 6.45) is 5.06. The zero-order chi connectivity index (χ0) is 16.2. The fourth-order valence-electron chi connectivity index (χ4n) is 3.28. The first-order valence-electron chi connectivity index (χ1n) is 8.81. The minimum Gasteiger partial charge on any atom is -0.341 e. The van der Waals surface area contributed by atoms with E-state index in [9.17, 15) is 9.59 Å². The second-order valence-electron chi connectivity index (χ2n) is 6.74. The minimum absolute atomic E-state index is 0.184. The summed E-state index contributed by atoms with van der Waals surface area (Å²) in [6.45, 7) is 3.98. The van der Waals surface area contributed by atoms with Crippen LogP contribution in [0.1, 0.15) is 60.9 Å². The van der Waals surface area contributed by atoms with Crippen molar-refractivity contribution in [3.8, 4) is 0 Å². The Morgan fingerprint density at radius 1 is 1.26 bits per heavy atom. The van der Waals surface area contributed by atoms with Crippen LogP contribution in [0, 0.1) is 0 Å². The summed E-state index contributed by atoms with van der Waals surface area (Å²) in [4.78, 5) is 26.2. The highest BCUT2D eigenvalue weighted by Crippen LogP contribution is 2.28. The number of hydrogen-bond acceptors (Lipinski definition) is 3. The van der Waals surface area contributed by atoms with E-state index in [-0.39, 0.29) is 11.7 Å². The predicted molar refractivity (Wildman–Crippen MR) is 90.6 cm³/mol. The molecule has 0 bridgehead atoms. The van der Waals surface area contributed by atoms with Crippen LogP contribution in [0.5, 0.6) is 0 Å². The Bertz CT molecular complexity index is 580. The summed E-state index contributed by atoms with van der Waals surface area (Å²) in [5, 5.41) is 3.30. The van der Waals surface area contributed by atoms with Gasteiger partial charge in [-0.2, -0.15) is 0 Å². The van der Waals surface area contributed by atoms with E-state index >= 15 is 0 Å². The van der Waals surface area contributed by atoms with Crippen molar-refractivity contribution in [2.45, 2.75) is 51.0 Å². The molecule has 2 fully saturated rings. The number of carbonyl (C=O) groups is 2. The molecule has 0 aromatic heterocycles. The molecule has 1 unspecified atom stereocenters. The second kappa shape index (κ2) is 7.26. The molecule has 1 atom stereocenters. The molecule has 1 heterocycles. The maximum absolute atomic E-state index is 12.3. The number of piperidine rings is 1. The monoisotopic (exact) mass is 314 g/mol. The Hall–Kier alpha value is -1.68. The van der Waals surface area contributed by atoms with Crippen LogP contribution in [0.4, 0.5) is 0 Å². The summed E-state index contributed by atoms with van der Waals surface area (Å²) < 4.78 is 0. The van der Waals surface area contributed by atoms with Gasteiger partial charge in [-0.15, -0.1) is 0 Å². The van der Waals surface area contributed by atoms with Gasteiger partial charge in [0.05, 0.1) is 6.54 Å². The number of likely N-dealkylation sites (tertiary alicyclic amines) is 1. The average molecular weight is 314 g/mol. The number of Topliss-reactive ketones (excluding diaryl/α,β-unsaturated/α-hetero) is 1. The molecular formula is C19H26N2O2. The molecule has 0 spiro atoms. The summed E-state index contributed by atoms with van der Waals surface area (Å²) in [7, 11) is 0. The first kappa shape index (κ1) is 16.2. The molecule has 124 valence electrons. The summed E-state index contributed by atoms with van der Waals surface area (Å²) in [6, 6.07) is 8.53. The van der Waals surface area contributed by atoms with E-state index in [4.69, 9.17) is 0 Å². The zero-order valence-electron chi connectivity index (χ0n) is 13.9. The molecule has 1 N–H and O–H groups in total. The van der Waals surface area contributed by atoms with E-state index < -0.39 is 0 Å². The molecule has 1 amide bonds. The van der Waals surface area contributed by atoms with Crippen molar-refractivity contribution >= 4 is 11.7 Å². The van der Waals surface area contributed by atoms with E-state index in [2.05, 4.69) is 11.4 Å². The second-order valence-corrected chi connectivity index (χ2v) is 6.74. The van der Waals surface area contributed by atoms with Gasteiger partial charge in [-0.1, -0.05) is 25.1 Å². The lowest BCUT2D eigenvalue weighted by Gasteiger charge is -2.33. The summed E-state index contributed by atoms with van der Waals surface area (Å²) in [5.41, 5.74) is 1.99. The van der Waals surface area contributed by atoms with Crippen molar-refractivity contribution in [2.75, 3.05) is 19.6 Å². The van der Waals surface area contributed by atoms with E-state index in [1.54, 1.807) is 0 Å². The van der Waals surface area contributed by atoms with Crippen LogP contribution in [-0.2, 0) is 4.79 Å². The van der Waals surface area contributed by atoms with Gasteiger partial charge in [0.25, 0.3) is 0 Å². The number of ketones is 1. The van der Waals surface area contributed by atoms with E-state index in [1.807, 2.05) is 30.0 Å². The largest absolute Gasteiger partial charge is 0.341 e. The van der Waals surface area contributed by atoms with Gasteiger partial charge in [0, 0.05) is 37.0 Å². The molecule has 1 aromatic carbocycles. The van der Waals surface area contributed by atoms with Crippen molar-refractivity contribution in [3.63, 3.8) is 0 Å². The molecule has 1 aliphatic heterocycles. The standard InChI is InChI=1S/C19H26N2O2/c1-2-18(22)15-6-3-5-14(11-15)16-7-4-10-21(13-16)19(23)12-20-17-8-9-17/h3,5-6,11,16-17,20H,2,4,7-10,12-13H2,1H3. The molecule has 4 heteroatoms. The quantitative estimate of drug-likeness (QED) is 0.821. The van der Waals surface area contributed by atoms with Crippen molar-refractivity contribution in [2.24, 2.45) is 0 Å². The zero-order valence-corrected chi connectivity index (χ0v) is 13.9. The number of carbonyl (C=O) groups excluding carboxylic acids is 2. The van der Waals surface area contributed by atoms with Crippen LogP contribution in [0.15, 0.2) is 24.3 Å². The third-order valence-electron chi connectivity index (χ3n) is 4.89. The highest BCUT2D eigenvalue weighted by molar-refractivity contribution is 5.96. The molecular weight excluding hydrogens is 288 g/mol. The number of hydrogen-bond donors (Lipinski definition) is 1. The number of benzene rings is 1. The lowest BCUT2D eigenvalue weighted by Crippen LogP contribution is -2.43. The van der Waals surface area contributed by atoms with Crippen LogP contribution in [-0.4, -0.2) is 42.3 Å². The Kier molecular flexibility index (Phi) is 5.11. The molecule has 23 heavy (non-hydrogen) atoms. The highest BCUT2D eigenvalue weighted by atomic mass is 16.2. The highest BCUT2D eigenvalue weighted by Gasteiger charge is 2.27. The van der Waals surface area contributed by atoms with Gasteiger partial charge >= 0.3 is 0 Å². The van der Waals surface area contributed by atoms with Crippen LogP contribution >= 0.6 is 0 Å². The average Bonchev–Trinajstić information content (AvgIpc) is 3.43. The predicted octanol–water partition coefficient (Wildman–Crippen LogP) is 2.74. The van der Waals surface area contributed by atoms with Gasteiger partial charge in [0.1, 0.15) is 0 Å². The molecule has 4 nitrogen and oxygen atoms in total. The number of nitrogens with one attached hydrogen (secondary N) is 1. The smallest absolute Gasteiger partial charge is 0.236 e. The van der Waals surface area contributed by atoms with Gasteiger partial charge in [-0.25, -0.2) is 0 Å². The van der Waals surface area contributed by atoms with Crippen LogP contribution in [0.2, 0.25) is 0 Å². The molecule has 2 aliphatic rings. The normalized spacial score (nSPS) is 21.3. The van der Waals surface area contributed by atoms with Crippen LogP contribution in [0.25, 0.3) is 0 Å². The fraction of sp³-hybridized carbons (Fsp3) is 0.579.